The standard InChI is InChI=1S/C15H23N7OS/c23-14(11-20-12-17-18-19-20)21-9-4-10-22(21)15(24)16-8-7-13-5-2-1-3-6-13/h5,12H,1-4,6-11H2,(H,16,24). The quantitative estimate of drug-likeness (QED) is 0.624. The van der Waals surface area contributed by atoms with Gasteiger partial charge in [0.2, 0.25) is 0 Å². The van der Waals surface area contributed by atoms with Gasteiger partial charge in [-0.15, -0.1) is 5.10 Å². The molecular weight excluding hydrogens is 326 g/mol. The van der Waals surface area contributed by atoms with E-state index in [0.717, 1.165) is 25.9 Å². The number of allylic oxidation sites excluding steroid dienone is 1. The fraction of sp³-hybridized carbons (Fsp3) is 0.667. The van der Waals surface area contributed by atoms with Gasteiger partial charge in [0.1, 0.15) is 12.9 Å². The van der Waals surface area contributed by atoms with Crippen LogP contribution < -0.4 is 5.32 Å². The third kappa shape index (κ3) is 4.28. The number of nitrogens with zero attached hydrogens (tertiary/aromatic N) is 6. The molecule has 0 saturated carbocycles. The van der Waals surface area contributed by atoms with Gasteiger partial charge in [0.15, 0.2) is 5.11 Å². The van der Waals surface area contributed by atoms with Gasteiger partial charge in [-0.3, -0.25) is 14.8 Å². The van der Waals surface area contributed by atoms with Crippen molar-refractivity contribution in [2.75, 3.05) is 19.6 Å². The van der Waals surface area contributed by atoms with Gasteiger partial charge in [0.05, 0.1) is 0 Å². The number of hydrazine groups is 1. The predicted molar refractivity (Wildman–Crippen MR) is 92.6 cm³/mol. The van der Waals surface area contributed by atoms with Crippen LogP contribution in [0.5, 0.6) is 0 Å². The summed E-state index contributed by atoms with van der Waals surface area (Å²) in [6.07, 6.45) is 10.7. The summed E-state index contributed by atoms with van der Waals surface area (Å²) in [6, 6.07) is 0. The number of rotatable bonds is 5. The number of tetrazole rings is 1. The Bertz CT molecular complexity index is 601. The summed E-state index contributed by atoms with van der Waals surface area (Å²) in [5.74, 6) is -0.0565. The number of nitrogens with one attached hydrogen (secondary N) is 1. The summed E-state index contributed by atoms with van der Waals surface area (Å²) < 4.78 is 1.42. The monoisotopic (exact) mass is 349 g/mol. The lowest BCUT2D eigenvalue weighted by Gasteiger charge is -2.30. The third-order valence-corrected chi connectivity index (χ3v) is 4.70. The van der Waals surface area contributed by atoms with E-state index in [2.05, 4.69) is 26.9 Å². The van der Waals surface area contributed by atoms with Crippen LogP contribution in [0.4, 0.5) is 0 Å². The van der Waals surface area contributed by atoms with Crippen molar-refractivity contribution in [3.05, 3.63) is 18.0 Å². The molecule has 3 rings (SSSR count). The highest BCUT2D eigenvalue weighted by atomic mass is 32.1. The zero-order chi connectivity index (χ0) is 16.8. The van der Waals surface area contributed by atoms with E-state index in [-0.39, 0.29) is 12.5 Å². The molecule has 130 valence electrons. The molecule has 1 aliphatic heterocycles. The number of thiocarbonyl (C=S) groups is 1. The van der Waals surface area contributed by atoms with Crippen LogP contribution in [-0.2, 0) is 11.3 Å². The van der Waals surface area contributed by atoms with Gasteiger partial charge in [0.25, 0.3) is 5.91 Å². The smallest absolute Gasteiger partial charge is 0.262 e. The van der Waals surface area contributed by atoms with E-state index in [4.69, 9.17) is 12.2 Å². The predicted octanol–water partition coefficient (Wildman–Crippen LogP) is 0.887. The summed E-state index contributed by atoms with van der Waals surface area (Å²) in [6.45, 7) is 2.37. The molecule has 1 fully saturated rings. The van der Waals surface area contributed by atoms with Gasteiger partial charge >= 0.3 is 0 Å². The summed E-state index contributed by atoms with van der Waals surface area (Å²) in [5.41, 5.74) is 1.52. The van der Waals surface area contributed by atoms with E-state index in [9.17, 15) is 4.79 Å². The molecule has 2 heterocycles. The van der Waals surface area contributed by atoms with Gasteiger partial charge in [-0.1, -0.05) is 11.6 Å². The molecule has 1 aromatic rings. The minimum atomic E-state index is -0.0565. The number of carbonyl (C=O) groups excluding carboxylic acids is 1. The number of hydrogen-bond donors (Lipinski definition) is 1. The lowest BCUT2D eigenvalue weighted by Crippen LogP contribution is -2.50. The highest BCUT2D eigenvalue weighted by Gasteiger charge is 2.28. The van der Waals surface area contributed by atoms with Crippen LogP contribution >= 0.6 is 12.2 Å². The van der Waals surface area contributed by atoms with Crippen LogP contribution in [0, 0.1) is 0 Å². The third-order valence-electron chi connectivity index (χ3n) is 4.35. The Morgan fingerprint density at radius 1 is 1.25 bits per heavy atom. The van der Waals surface area contributed by atoms with Crippen LogP contribution in [0.3, 0.4) is 0 Å². The van der Waals surface area contributed by atoms with E-state index in [1.54, 1.807) is 5.01 Å². The van der Waals surface area contributed by atoms with Crippen molar-refractivity contribution in [3.8, 4) is 0 Å². The number of carbonyl (C=O) groups is 1. The lowest BCUT2D eigenvalue weighted by atomic mass is 9.97. The summed E-state index contributed by atoms with van der Waals surface area (Å²) in [4.78, 5) is 12.4. The summed E-state index contributed by atoms with van der Waals surface area (Å²) in [7, 11) is 0. The minimum absolute atomic E-state index is 0.0565. The SMILES string of the molecule is O=C(Cn1cnnn1)N1CCCN1C(=S)NCCC1=CCCCC1. The van der Waals surface area contributed by atoms with Crippen molar-refractivity contribution in [1.82, 2.24) is 35.5 Å². The second-order valence-corrected chi connectivity index (χ2v) is 6.48. The largest absolute Gasteiger partial charge is 0.361 e. The van der Waals surface area contributed by atoms with Gasteiger partial charge in [-0.05, 0) is 61.2 Å². The maximum absolute atomic E-state index is 12.4. The maximum atomic E-state index is 12.4. The molecule has 8 nitrogen and oxygen atoms in total. The first kappa shape index (κ1) is 16.8. The first-order valence-corrected chi connectivity index (χ1v) is 8.89. The average molecular weight is 349 g/mol. The van der Waals surface area contributed by atoms with Crippen molar-refractivity contribution in [2.45, 2.75) is 45.1 Å². The number of aromatic nitrogens is 4. The lowest BCUT2D eigenvalue weighted by molar-refractivity contribution is -0.139. The molecule has 1 saturated heterocycles. The average Bonchev–Trinajstić information content (AvgIpc) is 3.27. The number of hydrogen-bond acceptors (Lipinski definition) is 5. The molecule has 1 aromatic heterocycles. The molecule has 2 aliphatic rings. The second kappa shape index (κ2) is 8.18. The Morgan fingerprint density at radius 3 is 2.88 bits per heavy atom. The van der Waals surface area contributed by atoms with Crippen LogP contribution in [0.15, 0.2) is 18.0 Å². The van der Waals surface area contributed by atoms with E-state index in [0.29, 0.717) is 11.7 Å². The number of amides is 1. The topological polar surface area (TPSA) is 79.2 Å². The van der Waals surface area contributed by atoms with E-state index in [1.807, 2.05) is 5.01 Å². The van der Waals surface area contributed by atoms with E-state index in [1.165, 1.54) is 42.3 Å². The van der Waals surface area contributed by atoms with Crippen LogP contribution in [-0.4, -0.2) is 60.9 Å². The maximum Gasteiger partial charge on any atom is 0.262 e. The highest BCUT2D eigenvalue weighted by Crippen LogP contribution is 2.19. The molecule has 0 unspecified atom stereocenters. The normalized spacial score (nSPS) is 17.8. The van der Waals surface area contributed by atoms with E-state index >= 15 is 0 Å². The van der Waals surface area contributed by atoms with Gasteiger partial charge in [-0.25, -0.2) is 4.68 Å². The van der Waals surface area contributed by atoms with Crippen molar-refractivity contribution in [2.24, 2.45) is 0 Å². The van der Waals surface area contributed by atoms with Crippen molar-refractivity contribution >= 4 is 23.2 Å². The zero-order valence-corrected chi connectivity index (χ0v) is 14.5. The molecule has 0 radical (unpaired) electrons. The Hall–Kier alpha value is -2.03. The van der Waals surface area contributed by atoms with Crippen molar-refractivity contribution in [3.63, 3.8) is 0 Å². The van der Waals surface area contributed by atoms with Crippen molar-refractivity contribution < 1.29 is 4.79 Å². The molecule has 1 amide bonds. The fourth-order valence-corrected chi connectivity index (χ4v) is 3.40. The molecule has 9 heteroatoms. The van der Waals surface area contributed by atoms with E-state index < -0.39 is 0 Å². The van der Waals surface area contributed by atoms with Gasteiger partial charge < -0.3 is 5.32 Å². The van der Waals surface area contributed by atoms with Crippen LogP contribution in [0.2, 0.25) is 0 Å². The highest BCUT2D eigenvalue weighted by molar-refractivity contribution is 7.80. The first-order valence-electron chi connectivity index (χ1n) is 8.48. The van der Waals surface area contributed by atoms with Gasteiger partial charge in [-0.2, -0.15) is 0 Å². The molecule has 0 aromatic carbocycles. The molecule has 24 heavy (non-hydrogen) atoms. The Kier molecular flexibility index (Phi) is 5.73. The van der Waals surface area contributed by atoms with Crippen LogP contribution in [0.25, 0.3) is 0 Å². The second-order valence-electron chi connectivity index (χ2n) is 6.09. The Morgan fingerprint density at radius 2 is 2.12 bits per heavy atom. The molecule has 1 N–H and O–H groups in total. The Labute approximate surface area is 146 Å². The molecular formula is C15H23N7OS. The molecule has 0 bridgehead atoms. The first-order chi connectivity index (χ1) is 11.7. The Balaban J connectivity index is 1.47. The summed E-state index contributed by atoms with van der Waals surface area (Å²) in [5, 5.41) is 18.3. The minimum Gasteiger partial charge on any atom is -0.361 e. The van der Waals surface area contributed by atoms with Crippen LogP contribution in [0.1, 0.15) is 38.5 Å². The molecule has 1 aliphatic carbocycles. The zero-order valence-electron chi connectivity index (χ0n) is 13.7. The molecule has 0 spiro atoms. The molecule has 0 atom stereocenters. The summed E-state index contributed by atoms with van der Waals surface area (Å²) >= 11 is 5.48. The van der Waals surface area contributed by atoms with Crippen molar-refractivity contribution in [1.29, 1.82) is 0 Å². The fourth-order valence-electron chi connectivity index (χ4n) is 3.11. The van der Waals surface area contributed by atoms with Gasteiger partial charge in [0, 0.05) is 19.6 Å².